The van der Waals surface area contributed by atoms with Gasteiger partial charge in [0.1, 0.15) is 10.6 Å². The van der Waals surface area contributed by atoms with E-state index in [9.17, 15) is 18.0 Å². The molecular formula is C22H34N4O4S. The van der Waals surface area contributed by atoms with Crippen LogP contribution in [-0.2, 0) is 14.8 Å². The Labute approximate surface area is 185 Å². The Morgan fingerprint density at radius 3 is 2.13 bits per heavy atom. The summed E-state index contributed by atoms with van der Waals surface area (Å²) in [6.07, 6.45) is 10.2. The fraction of sp³-hybridized carbons (Fsp3) is 0.727. The van der Waals surface area contributed by atoms with Gasteiger partial charge in [0, 0.05) is 45.5 Å². The molecule has 172 valence electrons. The number of carbonyl (C=O) groups is 2. The monoisotopic (exact) mass is 450 g/mol. The molecule has 0 spiro atoms. The van der Waals surface area contributed by atoms with E-state index in [0.29, 0.717) is 31.7 Å². The van der Waals surface area contributed by atoms with Gasteiger partial charge in [-0.2, -0.15) is 4.31 Å². The third kappa shape index (κ3) is 4.98. The number of rotatable bonds is 4. The largest absolute Gasteiger partial charge is 0.356 e. The van der Waals surface area contributed by atoms with Crippen LogP contribution in [0.4, 0.5) is 0 Å². The maximum Gasteiger partial charge on any atom is 0.270 e. The second-order valence-corrected chi connectivity index (χ2v) is 11.0. The Kier molecular flexibility index (Phi) is 7.01. The van der Waals surface area contributed by atoms with Crippen LogP contribution in [0.25, 0.3) is 0 Å². The van der Waals surface area contributed by atoms with Gasteiger partial charge < -0.3 is 14.8 Å². The molecule has 3 fully saturated rings. The van der Waals surface area contributed by atoms with Gasteiger partial charge in [0.25, 0.3) is 5.91 Å². The van der Waals surface area contributed by atoms with E-state index < -0.39 is 10.0 Å². The van der Waals surface area contributed by atoms with Crippen molar-refractivity contribution in [3.8, 4) is 0 Å². The maximum absolute atomic E-state index is 13.3. The predicted molar refractivity (Wildman–Crippen MR) is 117 cm³/mol. The molecule has 2 amide bonds. The van der Waals surface area contributed by atoms with Crippen molar-refractivity contribution in [3.63, 3.8) is 0 Å². The Morgan fingerprint density at radius 1 is 0.839 bits per heavy atom. The number of sulfonamides is 1. The molecule has 9 heteroatoms. The van der Waals surface area contributed by atoms with Crippen molar-refractivity contribution < 1.29 is 18.0 Å². The standard InChI is InChI=1S/C22H34N4O4S/c27-21(24-10-6-3-7-11-24)18-9-8-14-26(17-18)31(29,30)19-15-20(23-16-19)22(28)25-12-4-1-2-5-13-25/h15-16,18,23H,1-14,17H2/t18-/m1/s1. The van der Waals surface area contributed by atoms with Crippen molar-refractivity contribution in [2.24, 2.45) is 5.92 Å². The number of amides is 2. The van der Waals surface area contributed by atoms with E-state index in [0.717, 1.165) is 64.5 Å². The molecule has 31 heavy (non-hydrogen) atoms. The number of hydrogen-bond donors (Lipinski definition) is 1. The first-order valence-electron chi connectivity index (χ1n) is 11.7. The van der Waals surface area contributed by atoms with Crippen LogP contribution < -0.4 is 0 Å². The molecule has 3 saturated heterocycles. The lowest BCUT2D eigenvalue weighted by Crippen LogP contribution is -2.47. The van der Waals surface area contributed by atoms with Crippen molar-refractivity contribution in [2.45, 2.75) is 62.7 Å². The molecule has 8 nitrogen and oxygen atoms in total. The summed E-state index contributed by atoms with van der Waals surface area (Å²) in [4.78, 5) is 32.4. The molecule has 0 aliphatic carbocycles. The highest BCUT2D eigenvalue weighted by Crippen LogP contribution is 2.27. The topological polar surface area (TPSA) is 93.8 Å². The predicted octanol–water partition coefficient (Wildman–Crippen LogP) is 2.44. The number of H-pyrrole nitrogens is 1. The van der Waals surface area contributed by atoms with Gasteiger partial charge in [-0.1, -0.05) is 12.8 Å². The van der Waals surface area contributed by atoms with Crippen LogP contribution in [0.5, 0.6) is 0 Å². The van der Waals surface area contributed by atoms with Crippen molar-refractivity contribution >= 4 is 21.8 Å². The highest BCUT2D eigenvalue weighted by molar-refractivity contribution is 7.89. The zero-order valence-corrected chi connectivity index (χ0v) is 19.0. The summed E-state index contributed by atoms with van der Waals surface area (Å²) in [7, 11) is -3.75. The number of likely N-dealkylation sites (tertiary alicyclic amines) is 2. The van der Waals surface area contributed by atoms with Gasteiger partial charge in [-0.15, -0.1) is 0 Å². The maximum atomic E-state index is 13.3. The van der Waals surface area contributed by atoms with Crippen molar-refractivity contribution in [1.29, 1.82) is 0 Å². The van der Waals surface area contributed by atoms with Crippen molar-refractivity contribution in [3.05, 3.63) is 18.0 Å². The van der Waals surface area contributed by atoms with Gasteiger partial charge in [-0.3, -0.25) is 9.59 Å². The first kappa shape index (κ1) is 22.3. The molecule has 3 aliphatic heterocycles. The lowest BCUT2D eigenvalue weighted by Gasteiger charge is -2.35. The first-order valence-corrected chi connectivity index (χ1v) is 13.2. The summed E-state index contributed by atoms with van der Waals surface area (Å²) in [5.41, 5.74) is 0.318. The normalized spacial score (nSPS) is 24.1. The van der Waals surface area contributed by atoms with Gasteiger partial charge in [-0.25, -0.2) is 8.42 Å². The molecule has 4 heterocycles. The number of hydrogen-bond acceptors (Lipinski definition) is 4. The summed E-state index contributed by atoms with van der Waals surface area (Å²) < 4.78 is 27.9. The molecule has 1 atom stereocenters. The molecule has 1 N–H and O–H groups in total. The molecule has 0 aromatic carbocycles. The van der Waals surface area contributed by atoms with Crippen LogP contribution in [0.15, 0.2) is 17.2 Å². The molecular weight excluding hydrogens is 416 g/mol. The number of carbonyl (C=O) groups excluding carboxylic acids is 2. The van der Waals surface area contributed by atoms with E-state index in [1.54, 1.807) is 0 Å². The Hall–Kier alpha value is -1.87. The van der Waals surface area contributed by atoms with Crippen LogP contribution in [0.1, 0.15) is 68.3 Å². The molecule has 0 bridgehead atoms. The third-order valence-corrected chi connectivity index (χ3v) is 8.66. The molecule has 0 radical (unpaired) electrons. The minimum Gasteiger partial charge on any atom is -0.356 e. The molecule has 1 aromatic heterocycles. The quantitative estimate of drug-likeness (QED) is 0.762. The summed E-state index contributed by atoms with van der Waals surface area (Å²) in [6, 6.07) is 1.46. The summed E-state index contributed by atoms with van der Waals surface area (Å²) >= 11 is 0. The number of aromatic nitrogens is 1. The summed E-state index contributed by atoms with van der Waals surface area (Å²) in [5.74, 6) is -0.329. The van der Waals surface area contributed by atoms with Crippen LogP contribution in [-0.4, -0.2) is 78.6 Å². The van der Waals surface area contributed by atoms with E-state index in [-0.39, 0.29) is 29.2 Å². The van der Waals surface area contributed by atoms with Gasteiger partial charge in [0.05, 0.1) is 5.92 Å². The van der Waals surface area contributed by atoms with E-state index in [1.807, 2.05) is 9.80 Å². The molecule has 4 rings (SSSR count). The summed E-state index contributed by atoms with van der Waals surface area (Å²) in [6.45, 7) is 3.62. The van der Waals surface area contributed by atoms with Gasteiger partial charge >= 0.3 is 0 Å². The molecule has 0 saturated carbocycles. The molecule has 0 unspecified atom stereocenters. The highest BCUT2D eigenvalue weighted by Gasteiger charge is 2.36. The van der Waals surface area contributed by atoms with Crippen molar-refractivity contribution in [2.75, 3.05) is 39.3 Å². The second-order valence-electron chi connectivity index (χ2n) is 9.04. The molecule has 1 aromatic rings. The van der Waals surface area contributed by atoms with Gasteiger partial charge in [0.2, 0.25) is 15.9 Å². The van der Waals surface area contributed by atoms with Crippen LogP contribution in [0.3, 0.4) is 0 Å². The van der Waals surface area contributed by atoms with Gasteiger partial charge in [-0.05, 0) is 51.0 Å². The zero-order chi connectivity index (χ0) is 21.8. The molecule has 3 aliphatic rings. The minimum atomic E-state index is -3.75. The number of piperidine rings is 2. The van der Waals surface area contributed by atoms with E-state index in [1.165, 1.54) is 16.6 Å². The lowest BCUT2D eigenvalue weighted by atomic mass is 9.97. The fourth-order valence-electron chi connectivity index (χ4n) is 4.97. The Morgan fingerprint density at radius 2 is 1.45 bits per heavy atom. The van der Waals surface area contributed by atoms with Crippen LogP contribution in [0.2, 0.25) is 0 Å². The van der Waals surface area contributed by atoms with Crippen molar-refractivity contribution in [1.82, 2.24) is 19.1 Å². The SMILES string of the molecule is O=C(c1cc(S(=O)(=O)N2CCC[C@@H](C(=O)N3CCCCC3)C2)c[nH]1)N1CCCCCC1. The van der Waals surface area contributed by atoms with E-state index in [4.69, 9.17) is 0 Å². The summed E-state index contributed by atoms with van der Waals surface area (Å²) in [5, 5.41) is 0. The van der Waals surface area contributed by atoms with Crippen LogP contribution >= 0.6 is 0 Å². The second kappa shape index (κ2) is 9.73. The smallest absolute Gasteiger partial charge is 0.270 e. The Balaban J connectivity index is 1.44. The third-order valence-electron chi connectivity index (χ3n) is 6.82. The number of aromatic amines is 1. The van der Waals surface area contributed by atoms with Crippen LogP contribution in [0, 0.1) is 5.92 Å². The lowest BCUT2D eigenvalue weighted by molar-refractivity contribution is -0.137. The van der Waals surface area contributed by atoms with E-state index in [2.05, 4.69) is 4.98 Å². The Bertz CT molecular complexity index is 883. The van der Waals surface area contributed by atoms with Gasteiger partial charge in [0.15, 0.2) is 0 Å². The fourth-order valence-corrected chi connectivity index (χ4v) is 6.49. The van der Waals surface area contributed by atoms with E-state index >= 15 is 0 Å². The minimum absolute atomic E-state index is 0.0886. The zero-order valence-electron chi connectivity index (χ0n) is 18.2. The number of nitrogens with one attached hydrogen (secondary N) is 1. The average Bonchev–Trinajstić information content (AvgIpc) is 3.16. The number of nitrogens with zero attached hydrogens (tertiary/aromatic N) is 3. The average molecular weight is 451 g/mol. The highest BCUT2D eigenvalue weighted by atomic mass is 32.2. The first-order chi connectivity index (χ1) is 15.0.